The van der Waals surface area contributed by atoms with Crippen molar-refractivity contribution in [2.45, 2.75) is 52.9 Å². The van der Waals surface area contributed by atoms with Crippen molar-refractivity contribution in [2.75, 3.05) is 26.4 Å². The number of ether oxygens (including phenoxy) is 1. The summed E-state index contributed by atoms with van der Waals surface area (Å²) in [7, 11) is 0. The highest BCUT2D eigenvalue weighted by atomic mass is 16.5. The highest BCUT2D eigenvalue weighted by molar-refractivity contribution is 5.85. The summed E-state index contributed by atoms with van der Waals surface area (Å²) in [6, 6.07) is 0. The molecule has 0 saturated heterocycles. The summed E-state index contributed by atoms with van der Waals surface area (Å²) >= 11 is 0. The molecule has 0 bridgehead atoms. The topological polar surface area (TPSA) is 87.0 Å². The van der Waals surface area contributed by atoms with Crippen molar-refractivity contribution in [1.82, 2.24) is 0 Å². The van der Waals surface area contributed by atoms with E-state index in [0.717, 1.165) is 12.8 Å². The number of unbranched alkanes of at least 4 members (excludes halogenated alkanes) is 1. The Morgan fingerprint density at radius 1 is 1.19 bits per heavy atom. The van der Waals surface area contributed by atoms with Crippen molar-refractivity contribution in [3.63, 3.8) is 0 Å². The van der Waals surface area contributed by atoms with E-state index >= 15 is 0 Å². The summed E-state index contributed by atoms with van der Waals surface area (Å²) in [4.78, 5) is 10.5. The van der Waals surface area contributed by atoms with Gasteiger partial charge in [0, 0.05) is 5.57 Å². The van der Waals surface area contributed by atoms with E-state index in [0.29, 0.717) is 24.7 Å². The van der Waals surface area contributed by atoms with Gasteiger partial charge in [0.2, 0.25) is 0 Å². The number of aliphatic hydroxyl groups excluding tert-OH is 2. The van der Waals surface area contributed by atoms with Gasteiger partial charge in [0.15, 0.2) is 0 Å². The Balaban J connectivity index is 0. The first-order chi connectivity index (χ1) is 10.0. The van der Waals surface area contributed by atoms with Crippen LogP contribution < -0.4 is 0 Å². The van der Waals surface area contributed by atoms with Crippen LogP contribution in [0.2, 0.25) is 0 Å². The Bertz CT molecular complexity index is 259. The Morgan fingerprint density at radius 3 is 2.14 bits per heavy atom. The van der Waals surface area contributed by atoms with Crippen LogP contribution in [0.5, 0.6) is 0 Å². The molecule has 0 aromatic carbocycles. The van der Waals surface area contributed by atoms with Crippen LogP contribution in [0, 0.1) is 5.92 Å². The number of aliphatic carboxylic acids is 1. The van der Waals surface area contributed by atoms with Gasteiger partial charge >= 0.3 is 5.97 Å². The van der Waals surface area contributed by atoms with E-state index in [9.17, 15) is 4.79 Å². The predicted molar refractivity (Wildman–Crippen MR) is 84.3 cm³/mol. The largest absolute Gasteiger partial charge is 0.478 e. The third kappa shape index (κ3) is 17.0. The molecular formula is C16H32O5. The lowest BCUT2D eigenvalue weighted by Crippen LogP contribution is -2.03. The fraction of sp³-hybridized carbons (Fsp3) is 0.812. The van der Waals surface area contributed by atoms with Crippen LogP contribution in [0.15, 0.2) is 11.6 Å². The number of carbonyl (C=O) groups is 1. The molecule has 0 aliphatic heterocycles. The Kier molecular flexibility index (Phi) is 18.3. The van der Waals surface area contributed by atoms with E-state index in [1.54, 1.807) is 6.92 Å². The Morgan fingerprint density at radius 2 is 1.76 bits per heavy atom. The molecule has 1 atom stereocenters. The molecule has 21 heavy (non-hydrogen) atoms. The fourth-order valence-electron chi connectivity index (χ4n) is 1.64. The summed E-state index contributed by atoms with van der Waals surface area (Å²) in [5.74, 6) is -0.139. The molecule has 0 fully saturated rings. The van der Waals surface area contributed by atoms with E-state index < -0.39 is 5.97 Å². The number of allylic oxidation sites excluding steroid dienone is 1. The van der Waals surface area contributed by atoms with Crippen molar-refractivity contribution in [3.8, 4) is 0 Å². The SMILES string of the molecule is CCCCC(CC)CC=C(C)C(=O)O.OCCOCCO. The van der Waals surface area contributed by atoms with Crippen LogP contribution in [0.1, 0.15) is 52.9 Å². The van der Waals surface area contributed by atoms with Gasteiger partial charge in [0.05, 0.1) is 26.4 Å². The van der Waals surface area contributed by atoms with Crippen LogP contribution in [-0.4, -0.2) is 47.7 Å². The van der Waals surface area contributed by atoms with Crippen molar-refractivity contribution >= 4 is 5.97 Å². The monoisotopic (exact) mass is 304 g/mol. The maximum absolute atomic E-state index is 10.5. The van der Waals surface area contributed by atoms with Crippen molar-refractivity contribution in [1.29, 1.82) is 0 Å². The average molecular weight is 304 g/mol. The summed E-state index contributed by atoms with van der Waals surface area (Å²) in [6.45, 7) is 6.71. The van der Waals surface area contributed by atoms with Gasteiger partial charge in [-0.1, -0.05) is 45.6 Å². The first-order valence-electron chi connectivity index (χ1n) is 7.72. The molecule has 0 heterocycles. The second kappa shape index (κ2) is 17.1. The van der Waals surface area contributed by atoms with Gasteiger partial charge in [-0.2, -0.15) is 0 Å². The predicted octanol–water partition coefficient (Wildman–Crippen LogP) is 2.61. The van der Waals surface area contributed by atoms with Gasteiger partial charge in [-0.15, -0.1) is 0 Å². The first kappa shape index (κ1) is 22.4. The number of hydrogen-bond acceptors (Lipinski definition) is 4. The van der Waals surface area contributed by atoms with Crippen LogP contribution in [0.25, 0.3) is 0 Å². The van der Waals surface area contributed by atoms with E-state index in [1.165, 1.54) is 19.3 Å². The molecule has 0 rings (SSSR count). The molecule has 5 heteroatoms. The molecule has 5 nitrogen and oxygen atoms in total. The minimum absolute atomic E-state index is 0.0278. The molecular weight excluding hydrogens is 272 g/mol. The highest BCUT2D eigenvalue weighted by Crippen LogP contribution is 2.17. The summed E-state index contributed by atoms with van der Waals surface area (Å²) in [5.41, 5.74) is 0.472. The zero-order chi connectivity index (χ0) is 16.5. The third-order valence-corrected chi connectivity index (χ3v) is 3.11. The van der Waals surface area contributed by atoms with Gasteiger partial charge in [-0.3, -0.25) is 0 Å². The maximum atomic E-state index is 10.5. The van der Waals surface area contributed by atoms with E-state index in [-0.39, 0.29) is 13.2 Å². The standard InChI is InChI=1S/C12H22O2.C4H10O3/c1-4-6-7-11(5-2)9-8-10(3)12(13)14;5-1-3-7-4-2-6/h8,11H,4-7,9H2,1-3H3,(H,13,14);5-6H,1-4H2. The molecule has 126 valence electrons. The van der Waals surface area contributed by atoms with Gasteiger partial charge in [0.1, 0.15) is 0 Å². The second-order valence-corrected chi connectivity index (χ2v) is 4.90. The van der Waals surface area contributed by atoms with Crippen molar-refractivity contribution in [2.24, 2.45) is 5.92 Å². The quantitative estimate of drug-likeness (QED) is 0.403. The minimum Gasteiger partial charge on any atom is -0.478 e. The van der Waals surface area contributed by atoms with Gasteiger partial charge in [-0.25, -0.2) is 4.79 Å². The minimum atomic E-state index is -0.796. The molecule has 0 aliphatic rings. The summed E-state index contributed by atoms with van der Waals surface area (Å²) < 4.78 is 4.63. The fourth-order valence-corrected chi connectivity index (χ4v) is 1.64. The average Bonchev–Trinajstić information content (AvgIpc) is 2.48. The van der Waals surface area contributed by atoms with Crippen LogP contribution in [0.4, 0.5) is 0 Å². The molecule has 1 unspecified atom stereocenters. The van der Waals surface area contributed by atoms with Crippen molar-refractivity contribution < 1.29 is 24.9 Å². The third-order valence-electron chi connectivity index (χ3n) is 3.11. The number of aliphatic hydroxyl groups is 2. The molecule has 0 radical (unpaired) electrons. The molecule has 0 spiro atoms. The zero-order valence-electron chi connectivity index (χ0n) is 13.7. The van der Waals surface area contributed by atoms with Gasteiger partial charge < -0.3 is 20.1 Å². The number of carboxylic acid groups (broad SMARTS) is 1. The maximum Gasteiger partial charge on any atom is 0.330 e. The smallest absolute Gasteiger partial charge is 0.330 e. The molecule has 0 aromatic heterocycles. The molecule has 3 N–H and O–H groups in total. The Hall–Kier alpha value is -0.910. The summed E-state index contributed by atoms with van der Waals surface area (Å²) in [6.07, 6.45) is 7.59. The normalized spacial score (nSPS) is 12.5. The molecule has 0 aliphatic carbocycles. The van der Waals surface area contributed by atoms with Crippen LogP contribution in [-0.2, 0) is 9.53 Å². The van der Waals surface area contributed by atoms with E-state index in [2.05, 4.69) is 18.6 Å². The van der Waals surface area contributed by atoms with Gasteiger partial charge in [0.25, 0.3) is 0 Å². The molecule has 0 aromatic rings. The highest BCUT2D eigenvalue weighted by Gasteiger charge is 2.05. The summed E-state index contributed by atoms with van der Waals surface area (Å²) in [5, 5.41) is 24.8. The van der Waals surface area contributed by atoms with Crippen molar-refractivity contribution in [3.05, 3.63) is 11.6 Å². The van der Waals surface area contributed by atoms with E-state index in [1.807, 2.05) is 6.08 Å². The lowest BCUT2D eigenvalue weighted by atomic mass is 9.95. The molecule has 0 amide bonds. The van der Waals surface area contributed by atoms with Gasteiger partial charge in [-0.05, 0) is 19.3 Å². The second-order valence-electron chi connectivity index (χ2n) is 4.90. The molecule has 0 saturated carbocycles. The lowest BCUT2D eigenvalue weighted by Gasteiger charge is -2.11. The lowest BCUT2D eigenvalue weighted by molar-refractivity contribution is -0.132. The van der Waals surface area contributed by atoms with E-state index in [4.69, 9.17) is 15.3 Å². The van der Waals surface area contributed by atoms with Crippen LogP contribution in [0.3, 0.4) is 0 Å². The first-order valence-corrected chi connectivity index (χ1v) is 7.72. The number of hydrogen-bond donors (Lipinski definition) is 3. The van der Waals surface area contributed by atoms with Crippen LogP contribution >= 0.6 is 0 Å². The number of rotatable bonds is 11. The number of carboxylic acids is 1. The Labute approximate surface area is 128 Å². The zero-order valence-corrected chi connectivity index (χ0v) is 13.7.